The first-order chi connectivity index (χ1) is 30.5. The fraction of sp³-hybridized carbons (Fsp3) is 0.0862. The van der Waals surface area contributed by atoms with E-state index in [0.29, 0.717) is 0 Å². The molecule has 0 unspecified atom stereocenters. The van der Waals surface area contributed by atoms with E-state index in [0.717, 1.165) is 35.6 Å². The Balaban J connectivity index is 1.15. The Morgan fingerprint density at radius 1 is 0.403 bits per heavy atom. The molecule has 0 fully saturated rings. The molecule has 8 aromatic carbocycles. The molecular weight excluding hydrogens is 753 g/mol. The Labute approximate surface area is 360 Å². The molecule has 0 saturated heterocycles. The lowest BCUT2D eigenvalue weighted by Crippen LogP contribution is -2.34. The average Bonchev–Trinajstić information content (AvgIpc) is 3.84. The molecule has 11 aromatic rings. The van der Waals surface area contributed by atoms with Crippen LogP contribution in [0.5, 0.6) is 0 Å². The molecule has 0 saturated carbocycles. The number of anilines is 2. The summed E-state index contributed by atoms with van der Waals surface area (Å²) in [4.78, 5) is 7.79. The molecule has 0 amide bonds. The van der Waals surface area contributed by atoms with Gasteiger partial charge in [-0.1, -0.05) is 123 Å². The average molecular weight is 795 g/mol. The molecule has 4 heteroatoms. The Morgan fingerprint density at radius 3 is 1.44 bits per heavy atom. The largest absolute Gasteiger partial charge is 0.341 e. The quantitative estimate of drug-likeness (QED) is 0.178. The van der Waals surface area contributed by atoms with E-state index in [1.165, 1.54) is 93.9 Å². The first-order valence-corrected chi connectivity index (χ1v) is 21.7. The van der Waals surface area contributed by atoms with E-state index in [9.17, 15) is 0 Å². The second-order valence-corrected chi connectivity index (χ2v) is 17.6. The van der Waals surface area contributed by atoms with Crippen LogP contribution in [-0.2, 0) is 5.41 Å². The van der Waals surface area contributed by atoms with Crippen LogP contribution in [0.4, 0.5) is 11.4 Å². The highest BCUT2D eigenvalue weighted by Crippen LogP contribution is 2.53. The predicted octanol–water partition coefficient (Wildman–Crippen LogP) is 15.1. The standard InChI is InChI=1S/C58H42N4/c1-58(2)30-32-60(37-15-4-3-5-16-37)56-36-49-41-29-27-39(62-54-24-12-8-19-44(54)45-20-9-13-25-55(45)62)34-48(41)47-33-38(61-52-22-10-6-17-42(52)43-18-7-11-23-53(43)61)26-28-40(47)46-21-14-31-59-57(46)50(49)35-51(56)58/h3-29,31,33-36H,30,32H2,1-2H3. The number of para-hydroxylation sites is 5. The molecule has 0 radical (unpaired) electrons. The number of rotatable bonds is 3. The van der Waals surface area contributed by atoms with Gasteiger partial charge < -0.3 is 14.0 Å². The molecule has 0 atom stereocenters. The van der Waals surface area contributed by atoms with E-state index in [-0.39, 0.29) is 5.41 Å². The molecule has 0 bridgehead atoms. The van der Waals surface area contributed by atoms with Gasteiger partial charge in [0.15, 0.2) is 0 Å². The van der Waals surface area contributed by atoms with Crippen LogP contribution in [0.15, 0.2) is 194 Å². The number of pyridine rings is 1. The molecular formula is C58H42N4. The molecule has 1 aliphatic carbocycles. The minimum Gasteiger partial charge on any atom is -0.341 e. The van der Waals surface area contributed by atoms with Crippen molar-refractivity contribution in [3.8, 4) is 56.0 Å². The van der Waals surface area contributed by atoms with E-state index in [1.54, 1.807) is 0 Å². The number of fused-ring (bicyclic) bond motifs is 15. The van der Waals surface area contributed by atoms with Crippen LogP contribution < -0.4 is 4.90 Å². The van der Waals surface area contributed by atoms with Crippen molar-refractivity contribution in [3.05, 3.63) is 200 Å². The molecule has 62 heavy (non-hydrogen) atoms. The lowest BCUT2D eigenvalue weighted by Gasteiger charge is -2.41. The Kier molecular flexibility index (Phi) is 7.45. The normalized spacial score (nSPS) is 13.9. The van der Waals surface area contributed by atoms with Gasteiger partial charge in [0.25, 0.3) is 0 Å². The molecule has 13 rings (SSSR count). The maximum Gasteiger partial charge on any atom is 0.0786 e. The summed E-state index contributed by atoms with van der Waals surface area (Å²) in [6, 6.07) is 69.7. The summed E-state index contributed by atoms with van der Waals surface area (Å²) < 4.78 is 4.89. The van der Waals surface area contributed by atoms with Crippen molar-refractivity contribution in [2.45, 2.75) is 25.7 Å². The van der Waals surface area contributed by atoms with E-state index in [1.807, 2.05) is 6.20 Å². The fourth-order valence-corrected chi connectivity index (χ4v) is 10.8. The summed E-state index contributed by atoms with van der Waals surface area (Å²) in [6.07, 6.45) is 3.01. The van der Waals surface area contributed by atoms with E-state index in [4.69, 9.17) is 4.98 Å². The van der Waals surface area contributed by atoms with Crippen molar-refractivity contribution < 1.29 is 0 Å². The number of hydrogen-bond acceptors (Lipinski definition) is 2. The third-order valence-electron chi connectivity index (χ3n) is 13.8. The third-order valence-corrected chi connectivity index (χ3v) is 13.8. The summed E-state index contributed by atoms with van der Waals surface area (Å²) in [7, 11) is 0. The summed E-state index contributed by atoms with van der Waals surface area (Å²) in [5.74, 6) is 0. The summed E-state index contributed by atoms with van der Waals surface area (Å²) in [5.41, 5.74) is 20.1. The van der Waals surface area contributed by atoms with Crippen molar-refractivity contribution >= 4 is 55.0 Å². The van der Waals surface area contributed by atoms with Gasteiger partial charge in [0.1, 0.15) is 0 Å². The maximum absolute atomic E-state index is 5.27. The zero-order valence-corrected chi connectivity index (χ0v) is 34.7. The summed E-state index contributed by atoms with van der Waals surface area (Å²) in [6.45, 7) is 5.75. The van der Waals surface area contributed by atoms with Crippen LogP contribution in [0.3, 0.4) is 0 Å². The van der Waals surface area contributed by atoms with Gasteiger partial charge in [0.2, 0.25) is 0 Å². The van der Waals surface area contributed by atoms with Gasteiger partial charge in [0, 0.05) is 68.2 Å². The van der Waals surface area contributed by atoms with Crippen LogP contribution in [-0.4, -0.2) is 20.7 Å². The van der Waals surface area contributed by atoms with Crippen LogP contribution in [0.25, 0.3) is 99.6 Å². The summed E-state index contributed by atoms with van der Waals surface area (Å²) in [5, 5.41) is 5.01. The van der Waals surface area contributed by atoms with Gasteiger partial charge in [-0.05, 0) is 124 Å². The SMILES string of the molecule is CC1(C)CCN(c2ccccc2)c2cc3c(cc21)-c1ncccc1-c1ccc(-n2c4ccccc4c4ccccc42)cc1-c1cc(-n2c4ccccc4c4ccccc42)ccc1-3. The second-order valence-electron chi connectivity index (χ2n) is 17.6. The molecule has 4 nitrogen and oxygen atoms in total. The number of aromatic nitrogens is 3. The molecule has 0 N–H and O–H groups in total. The first kappa shape index (κ1) is 35.1. The highest BCUT2D eigenvalue weighted by Gasteiger charge is 2.35. The lowest BCUT2D eigenvalue weighted by molar-refractivity contribution is 0.467. The lowest BCUT2D eigenvalue weighted by atomic mass is 9.74. The zero-order chi connectivity index (χ0) is 41.1. The molecule has 2 aliphatic rings. The van der Waals surface area contributed by atoms with Gasteiger partial charge in [0.05, 0.1) is 27.8 Å². The van der Waals surface area contributed by atoms with Gasteiger partial charge >= 0.3 is 0 Å². The topological polar surface area (TPSA) is 26.0 Å². The monoisotopic (exact) mass is 794 g/mol. The first-order valence-electron chi connectivity index (χ1n) is 21.7. The minimum atomic E-state index is -0.0225. The number of hydrogen-bond donors (Lipinski definition) is 0. The van der Waals surface area contributed by atoms with Crippen molar-refractivity contribution in [1.82, 2.24) is 14.1 Å². The fourth-order valence-electron chi connectivity index (χ4n) is 10.8. The van der Waals surface area contributed by atoms with Crippen LogP contribution in [0, 0.1) is 0 Å². The van der Waals surface area contributed by atoms with Gasteiger partial charge in [-0.3, -0.25) is 4.98 Å². The Bertz CT molecular complexity index is 3520. The zero-order valence-electron chi connectivity index (χ0n) is 34.7. The minimum absolute atomic E-state index is 0.0225. The van der Waals surface area contributed by atoms with E-state index < -0.39 is 0 Å². The molecule has 4 heterocycles. The Morgan fingerprint density at radius 2 is 0.887 bits per heavy atom. The maximum atomic E-state index is 5.27. The van der Waals surface area contributed by atoms with E-state index >= 15 is 0 Å². The van der Waals surface area contributed by atoms with Crippen LogP contribution in [0.2, 0.25) is 0 Å². The van der Waals surface area contributed by atoms with Crippen molar-refractivity contribution in [2.75, 3.05) is 11.4 Å². The smallest absolute Gasteiger partial charge is 0.0786 e. The predicted molar refractivity (Wildman–Crippen MR) is 259 cm³/mol. The van der Waals surface area contributed by atoms with Crippen LogP contribution >= 0.6 is 0 Å². The third kappa shape index (κ3) is 5.04. The molecule has 294 valence electrons. The molecule has 0 spiro atoms. The van der Waals surface area contributed by atoms with Crippen LogP contribution in [0.1, 0.15) is 25.8 Å². The Hall–Kier alpha value is -7.69. The number of nitrogens with zero attached hydrogens (tertiary/aromatic N) is 4. The van der Waals surface area contributed by atoms with Gasteiger partial charge in [-0.15, -0.1) is 0 Å². The molecule has 3 aromatic heterocycles. The summed E-state index contributed by atoms with van der Waals surface area (Å²) >= 11 is 0. The van der Waals surface area contributed by atoms with Crippen molar-refractivity contribution in [1.29, 1.82) is 0 Å². The second kappa shape index (κ2) is 13.2. The van der Waals surface area contributed by atoms with Gasteiger partial charge in [-0.2, -0.15) is 0 Å². The van der Waals surface area contributed by atoms with E-state index in [2.05, 4.69) is 216 Å². The highest BCUT2D eigenvalue weighted by atomic mass is 15.1. The van der Waals surface area contributed by atoms with Gasteiger partial charge in [-0.25, -0.2) is 0 Å². The highest BCUT2D eigenvalue weighted by molar-refractivity contribution is 6.11. The number of benzene rings is 8. The van der Waals surface area contributed by atoms with Crippen molar-refractivity contribution in [2.24, 2.45) is 0 Å². The molecule has 1 aliphatic heterocycles. The van der Waals surface area contributed by atoms with Crippen molar-refractivity contribution in [3.63, 3.8) is 0 Å².